The monoisotopic (exact) mass is 432 g/mol. The molecule has 4 rings (SSSR count). The van der Waals surface area contributed by atoms with Crippen molar-refractivity contribution >= 4 is 5.97 Å². The summed E-state index contributed by atoms with van der Waals surface area (Å²) in [5.74, 6) is 3.15. The van der Waals surface area contributed by atoms with E-state index in [2.05, 4.69) is 26.7 Å². The number of fused-ring (bicyclic) bond motifs is 5. The zero-order chi connectivity index (χ0) is 22.8. The first kappa shape index (κ1) is 23.1. The molecule has 2 unspecified atom stereocenters. The number of aliphatic hydroxyl groups is 3. The van der Waals surface area contributed by atoms with Gasteiger partial charge >= 0.3 is 5.97 Å². The highest BCUT2D eigenvalue weighted by atomic mass is 16.4. The minimum Gasteiger partial charge on any atom is -0.481 e. The van der Waals surface area contributed by atoms with Crippen molar-refractivity contribution in [2.45, 2.75) is 96.4 Å². The second kappa shape index (κ2) is 7.75. The van der Waals surface area contributed by atoms with Crippen LogP contribution in [0.25, 0.3) is 0 Å². The molecule has 31 heavy (non-hydrogen) atoms. The maximum Gasteiger partial charge on any atom is 0.303 e. The minimum absolute atomic E-state index is 0.0255. The van der Waals surface area contributed by atoms with Crippen molar-refractivity contribution in [3.63, 3.8) is 0 Å². The molecule has 4 aliphatic carbocycles. The standard InChI is InChI=1S/C26H40O5/c1-5-26(31)11-10-24(3)16(14-26)12-20(27)23-18-8-7-17(15(2)6-9-22(29)30)25(18,4)21(28)13-19(23)24/h1,15-21,23,27-28,31H,6-14H2,2-4H3,(H,29,30)/t15?,16-,17?,18+,19+,20-,21+,23+,24+,25-,26-/m1/s1. The third-order valence-electron chi connectivity index (χ3n) is 10.7. The number of terminal acetylenes is 1. The Kier molecular flexibility index (Phi) is 5.77. The zero-order valence-electron chi connectivity index (χ0n) is 19.3. The van der Waals surface area contributed by atoms with E-state index in [1.165, 1.54) is 0 Å². The summed E-state index contributed by atoms with van der Waals surface area (Å²) >= 11 is 0. The maximum absolute atomic E-state index is 11.5. The molecule has 5 heteroatoms. The molecular formula is C26H40O5. The van der Waals surface area contributed by atoms with Gasteiger partial charge in [-0.15, -0.1) is 6.42 Å². The average Bonchev–Trinajstić information content (AvgIpc) is 3.07. The SMILES string of the molecule is C#C[C@@]1(O)CC[C@@]2(C)[C@H](C[C@@H](O)[C@@H]3[C@@H]2C[C@H](O)[C@]2(C)C(C(C)CCC(=O)O)CC[C@@H]32)C1. The van der Waals surface area contributed by atoms with Crippen LogP contribution in [0.2, 0.25) is 0 Å². The van der Waals surface area contributed by atoms with Crippen LogP contribution in [0.5, 0.6) is 0 Å². The number of hydrogen-bond acceptors (Lipinski definition) is 4. The molecule has 0 spiro atoms. The normalized spacial score (nSPS) is 52.4. The van der Waals surface area contributed by atoms with E-state index in [1.54, 1.807) is 0 Å². The van der Waals surface area contributed by atoms with Gasteiger partial charge in [-0.25, -0.2) is 0 Å². The summed E-state index contributed by atoms with van der Waals surface area (Å²) in [6, 6.07) is 0. The van der Waals surface area contributed by atoms with Gasteiger partial charge in [0.1, 0.15) is 5.60 Å². The minimum atomic E-state index is -1.07. The summed E-state index contributed by atoms with van der Waals surface area (Å²) in [5.41, 5.74) is -1.38. The molecule has 0 aliphatic heterocycles. The third kappa shape index (κ3) is 3.45. The van der Waals surface area contributed by atoms with E-state index in [9.17, 15) is 20.1 Å². The van der Waals surface area contributed by atoms with Gasteiger partial charge in [-0.1, -0.05) is 26.7 Å². The van der Waals surface area contributed by atoms with Gasteiger partial charge in [0.05, 0.1) is 12.2 Å². The molecule has 0 amide bonds. The Morgan fingerprint density at radius 3 is 2.52 bits per heavy atom. The zero-order valence-corrected chi connectivity index (χ0v) is 19.3. The quantitative estimate of drug-likeness (QED) is 0.510. The number of carboxylic acids is 1. The smallest absolute Gasteiger partial charge is 0.303 e. The summed E-state index contributed by atoms with van der Waals surface area (Å²) in [5, 5.41) is 42.8. The fourth-order valence-corrected chi connectivity index (χ4v) is 8.83. The molecule has 0 radical (unpaired) electrons. The van der Waals surface area contributed by atoms with Gasteiger partial charge in [0.25, 0.3) is 0 Å². The molecule has 0 heterocycles. The van der Waals surface area contributed by atoms with Crippen LogP contribution in [0, 0.1) is 58.7 Å². The molecule has 4 N–H and O–H groups in total. The first-order valence-corrected chi connectivity index (χ1v) is 12.2. The molecule has 11 atom stereocenters. The summed E-state index contributed by atoms with van der Waals surface area (Å²) in [6.45, 7) is 6.64. The lowest BCUT2D eigenvalue weighted by Crippen LogP contribution is -2.63. The molecular weight excluding hydrogens is 392 g/mol. The molecule has 174 valence electrons. The molecule has 5 nitrogen and oxygen atoms in total. The number of hydrogen-bond donors (Lipinski definition) is 4. The van der Waals surface area contributed by atoms with Gasteiger partial charge in [-0.05, 0) is 97.7 Å². The summed E-state index contributed by atoms with van der Waals surface area (Å²) in [7, 11) is 0. The fraction of sp³-hybridized carbons (Fsp3) is 0.885. The van der Waals surface area contributed by atoms with Crippen molar-refractivity contribution in [1.82, 2.24) is 0 Å². The Morgan fingerprint density at radius 1 is 1.16 bits per heavy atom. The van der Waals surface area contributed by atoms with Crippen molar-refractivity contribution in [2.24, 2.45) is 46.3 Å². The Bertz CT molecular complexity index is 759. The van der Waals surface area contributed by atoms with Gasteiger partial charge in [0.2, 0.25) is 0 Å². The Morgan fingerprint density at radius 2 is 1.87 bits per heavy atom. The highest BCUT2D eigenvalue weighted by Crippen LogP contribution is 2.68. The number of carbonyl (C=O) groups is 1. The van der Waals surface area contributed by atoms with E-state index in [1.807, 2.05) is 0 Å². The van der Waals surface area contributed by atoms with E-state index >= 15 is 0 Å². The first-order chi connectivity index (χ1) is 14.5. The van der Waals surface area contributed by atoms with E-state index in [4.69, 9.17) is 11.5 Å². The molecule has 0 saturated heterocycles. The molecule has 0 aromatic heterocycles. The molecule has 4 aliphatic rings. The summed E-state index contributed by atoms with van der Waals surface area (Å²) in [4.78, 5) is 11.1. The van der Waals surface area contributed by atoms with Gasteiger partial charge in [-0.3, -0.25) is 4.79 Å². The highest BCUT2D eigenvalue weighted by molar-refractivity contribution is 5.66. The van der Waals surface area contributed by atoms with Gasteiger partial charge in [0, 0.05) is 6.42 Å². The molecule has 0 aromatic carbocycles. The van der Waals surface area contributed by atoms with Gasteiger partial charge in [0.15, 0.2) is 0 Å². The van der Waals surface area contributed by atoms with E-state index < -0.39 is 23.8 Å². The van der Waals surface area contributed by atoms with Crippen molar-refractivity contribution in [3.05, 3.63) is 0 Å². The number of aliphatic hydroxyl groups excluding tert-OH is 2. The molecule has 4 fully saturated rings. The van der Waals surface area contributed by atoms with Gasteiger partial charge in [-0.2, -0.15) is 0 Å². The van der Waals surface area contributed by atoms with Crippen LogP contribution < -0.4 is 0 Å². The van der Waals surface area contributed by atoms with Gasteiger partial charge < -0.3 is 20.4 Å². The lowest BCUT2D eigenvalue weighted by molar-refractivity contribution is -0.211. The third-order valence-corrected chi connectivity index (χ3v) is 10.7. The average molecular weight is 433 g/mol. The highest BCUT2D eigenvalue weighted by Gasteiger charge is 2.66. The summed E-state index contributed by atoms with van der Waals surface area (Å²) < 4.78 is 0. The molecule has 0 aromatic rings. The van der Waals surface area contributed by atoms with Crippen LogP contribution >= 0.6 is 0 Å². The van der Waals surface area contributed by atoms with Crippen LogP contribution in [0.1, 0.15) is 78.6 Å². The largest absolute Gasteiger partial charge is 0.481 e. The van der Waals surface area contributed by atoms with Crippen molar-refractivity contribution < 1.29 is 25.2 Å². The topological polar surface area (TPSA) is 98.0 Å². The predicted molar refractivity (Wildman–Crippen MR) is 118 cm³/mol. The first-order valence-electron chi connectivity index (χ1n) is 12.2. The van der Waals surface area contributed by atoms with Crippen molar-refractivity contribution in [3.8, 4) is 12.3 Å². The summed E-state index contributed by atoms with van der Waals surface area (Å²) in [6.07, 6.45) is 10.8. The number of carboxylic acid groups (broad SMARTS) is 1. The number of rotatable bonds is 4. The van der Waals surface area contributed by atoms with E-state index in [-0.39, 0.29) is 52.8 Å². The maximum atomic E-state index is 11.5. The van der Waals surface area contributed by atoms with E-state index in [0.717, 1.165) is 19.3 Å². The van der Waals surface area contributed by atoms with Crippen LogP contribution in [0.4, 0.5) is 0 Å². The molecule has 4 saturated carbocycles. The van der Waals surface area contributed by atoms with Crippen LogP contribution in [-0.4, -0.2) is 44.2 Å². The second-order valence-corrected chi connectivity index (χ2v) is 11.9. The second-order valence-electron chi connectivity index (χ2n) is 11.9. The van der Waals surface area contributed by atoms with Crippen LogP contribution in [-0.2, 0) is 4.79 Å². The van der Waals surface area contributed by atoms with Crippen LogP contribution in [0.3, 0.4) is 0 Å². The number of aliphatic carboxylic acids is 1. The van der Waals surface area contributed by atoms with Crippen molar-refractivity contribution in [2.75, 3.05) is 0 Å². The Labute approximate surface area is 186 Å². The lowest BCUT2D eigenvalue weighted by atomic mass is 9.42. The Balaban J connectivity index is 1.61. The molecule has 0 bridgehead atoms. The Hall–Kier alpha value is -1.09. The van der Waals surface area contributed by atoms with Crippen molar-refractivity contribution in [1.29, 1.82) is 0 Å². The fourth-order valence-electron chi connectivity index (χ4n) is 8.83. The van der Waals surface area contributed by atoms with E-state index in [0.29, 0.717) is 32.1 Å². The van der Waals surface area contributed by atoms with Crippen LogP contribution in [0.15, 0.2) is 0 Å². The predicted octanol–water partition coefficient (Wildman–Crippen LogP) is 3.45. The lowest BCUT2D eigenvalue weighted by Gasteiger charge is -2.64.